The molecule has 0 bridgehead atoms. The summed E-state index contributed by atoms with van der Waals surface area (Å²) in [6.07, 6.45) is 1.32. The second kappa shape index (κ2) is 7.49. The van der Waals surface area contributed by atoms with E-state index >= 15 is 0 Å². The van der Waals surface area contributed by atoms with Crippen LogP contribution in [0.1, 0.15) is 17.3 Å². The van der Waals surface area contributed by atoms with Gasteiger partial charge in [-0.3, -0.25) is 4.79 Å². The first-order chi connectivity index (χ1) is 12.4. The van der Waals surface area contributed by atoms with Crippen LogP contribution in [0.5, 0.6) is 0 Å². The summed E-state index contributed by atoms with van der Waals surface area (Å²) in [7, 11) is 0. The summed E-state index contributed by atoms with van der Waals surface area (Å²) in [6.45, 7) is 1.50. The van der Waals surface area contributed by atoms with Crippen molar-refractivity contribution in [2.45, 2.75) is 6.92 Å². The maximum atomic E-state index is 14.0. The van der Waals surface area contributed by atoms with E-state index in [2.05, 4.69) is 36.5 Å². The highest BCUT2D eigenvalue weighted by Gasteiger charge is 2.11. The molecule has 4 N–H and O–H groups in total. The van der Waals surface area contributed by atoms with Crippen LogP contribution in [-0.4, -0.2) is 15.8 Å². The molecule has 0 aliphatic carbocycles. The molecule has 0 fully saturated rings. The van der Waals surface area contributed by atoms with E-state index in [0.717, 1.165) is 0 Å². The highest BCUT2D eigenvalue weighted by molar-refractivity contribution is 9.10. The zero-order valence-electron chi connectivity index (χ0n) is 13.8. The lowest BCUT2D eigenvalue weighted by atomic mass is 10.1. The van der Waals surface area contributed by atoms with Crippen molar-refractivity contribution in [1.82, 2.24) is 9.97 Å². The molecule has 0 amide bonds. The van der Waals surface area contributed by atoms with Gasteiger partial charge in [-0.15, -0.1) is 0 Å². The lowest BCUT2D eigenvalue weighted by Gasteiger charge is -2.13. The Balaban J connectivity index is 1.83. The number of Topliss-reactive ketones (excluding diaryl/α,β-unsaturated/α-hetero) is 1. The van der Waals surface area contributed by atoms with Crippen molar-refractivity contribution in [3.8, 4) is 0 Å². The van der Waals surface area contributed by atoms with Gasteiger partial charge in [0, 0.05) is 15.7 Å². The van der Waals surface area contributed by atoms with E-state index in [0.29, 0.717) is 21.5 Å². The molecule has 3 rings (SSSR count). The van der Waals surface area contributed by atoms with Gasteiger partial charge in [0.05, 0.1) is 5.69 Å². The van der Waals surface area contributed by atoms with Gasteiger partial charge in [-0.25, -0.2) is 14.4 Å². The molecule has 1 heterocycles. The summed E-state index contributed by atoms with van der Waals surface area (Å²) >= 11 is 3.21. The number of halogens is 2. The van der Waals surface area contributed by atoms with E-state index in [1.54, 1.807) is 36.4 Å². The van der Waals surface area contributed by atoms with Crippen LogP contribution in [0.3, 0.4) is 0 Å². The largest absolute Gasteiger partial charge is 0.393 e. The van der Waals surface area contributed by atoms with Gasteiger partial charge in [-0.05, 0) is 49.4 Å². The molecule has 1 aromatic heterocycles. The quantitative estimate of drug-likeness (QED) is 0.525. The van der Waals surface area contributed by atoms with E-state index in [1.807, 2.05) is 0 Å². The number of rotatable bonds is 5. The second-order valence-electron chi connectivity index (χ2n) is 5.49. The molecule has 0 aliphatic heterocycles. The van der Waals surface area contributed by atoms with Gasteiger partial charge in [-0.2, -0.15) is 0 Å². The number of carbonyl (C=O) groups is 1. The molecule has 0 unspecified atom stereocenters. The summed E-state index contributed by atoms with van der Waals surface area (Å²) in [5.74, 6) is 0.201. The molecular formula is C18H15BrFN5O. The van der Waals surface area contributed by atoms with Crippen LogP contribution in [0.15, 0.2) is 53.3 Å². The molecule has 0 saturated carbocycles. The average molecular weight is 416 g/mol. The standard InChI is InChI=1S/C18H15BrFN5O/c1-10(26)11-2-5-13(6-3-11)24-17-16(21)18(23-9-22-17)25-15-7-4-12(19)8-14(15)20/h2-9H,21H2,1H3,(H2,22,23,24,25). The Morgan fingerprint density at radius 2 is 1.73 bits per heavy atom. The lowest BCUT2D eigenvalue weighted by Crippen LogP contribution is -2.06. The first-order valence-corrected chi connectivity index (χ1v) is 8.44. The third kappa shape index (κ3) is 3.97. The Labute approximate surface area is 157 Å². The molecule has 0 radical (unpaired) electrons. The van der Waals surface area contributed by atoms with Crippen molar-refractivity contribution in [3.63, 3.8) is 0 Å². The normalized spacial score (nSPS) is 10.4. The van der Waals surface area contributed by atoms with Crippen molar-refractivity contribution < 1.29 is 9.18 Å². The Hall–Kier alpha value is -3.00. The van der Waals surface area contributed by atoms with E-state index < -0.39 is 5.82 Å². The highest BCUT2D eigenvalue weighted by atomic mass is 79.9. The fourth-order valence-electron chi connectivity index (χ4n) is 2.24. The van der Waals surface area contributed by atoms with Gasteiger partial charge in [0.15, 0.2) is 17.4 Å². The number of ketones is 1. The second-order valence-corrected chi connectivity index (χ2v) is 6.41. The average Bonchev–Trinajstić information content (AvgIpc) is 2.61. The Bertz CT molecular complexity index is 962. The van der Waals surface area contributed by atoms with Crippen LogP contribution in [0.4, 0.5) is 33.1 Å². The molecule has 3 aromatic rings. The zero-order chi connectivity index (χ0) is 18.7. The van der Waals surface area contributed by atoms with Gasteiger partial charge < -0.3 is 16.4 Å². The van der Waals surface area contributed by atoms with E-state index in [9.17, 15) is 9.18 Å². The van der Waals surface area contributed by atoms with Crippen molar-refractivity contribution in [2.24, 2.45) is 0 Å². The number of carbonyl (C=O) groups excluding carboxylic acids is 1. The predicted octanol–water partition coefficient (Wildman–Crippen LogP) is 4.65. The van der Waals surface area contributed by atoms with Crippen molar-refractivity contribution in [3.05, 3.63) is 64.6 Å². The summed E-state index contributed by atoms with van der Waals surface area (Å²) in [4.78, 5) is 19.5. The molecule has 26 heavy (non-hydrogen) atoms. The zero-order valence-corrected chi connectivity index (χ0v) is 15.3. The number of nitrogens with zero attached hydrogens (tertiary/aromatic N) is 2. The van der Waals surface area contributed by atoms with E-state index in [4.69, 9.17) is 5.73 Å². The monoisotopic (exact) mass is 415 g/mol. The van der Waals surface area contributed by atoms with Gasteiger partial charge in [-0.1, -0.05) is 15.9 Å². The molecule has 0 spiro atoms. The molecule has 0 saturated heterocycles. The summed E-state index contributed by atoms with van der Waals surface area (Å²) in [6, 6.07) is 11.5. The SMILES string of the molecule is CC(=O)c1ccc(Nc2ncnc(Nc3ccc(Br)cc3F)c2N)cc1. The topological polar surface area (TPSA) is 92.9 Å². The van der Waals surface area contributed by atoms with Crippen molar-refractivity contribution in [1.29, 1.82) is 0 Å². The summed E-state index contributed by atoms with van der Waals surface area (Å²) in [5.41, 5.74) is 7.91. The van der Waals surface area contributed by atoms with Crippen LogP contribution in [0, 0.1) is 5.82 Å². The fraction of sp³-hybridized carbons (Fsp3) is 0.0556. The van der Waals surface area contributed by atoms with Crippen LogP contribution < -0.4 is 16.4 Å². The minimum atomic E-state index is -0.438. The minimum Gasteiger partial charge on any atom is -0.393 e. The molecule has 132 valence electrons. The van der Waals surface area contributed by atoms with Crippen LogP contribution in [0.2, 0.25) is 0 Å². The maximum absolute atomic E-state index is 14.0. The van der Waals surface area contributed by atoms with Crippen molar-refractivity contribution >= 4 is 50.4 Å². The Morgan fingerprint density at radius 3 is 2.35 bits per heavy atom. The Morgan fingerprint density at radius 1 is 1.08 bits per heavy atom. The van der Waals surface area contributed by atoms with Crippen LogP contribution in [0.25, 0.3) is 0 Å². The molecule has 8 heteroatoms. The molecular weight excluding hydrogens is 401 g/mol. The van der Waals surface area contributed by atoms with Crippen LogP contribution >= 0.6 is 15.9 Å². The van der Waals surface area contributed by atoms with Crippen molar-refractivity contribution in [2.75, 3.05) is 16.4 Å². The van der Waals surface area contributed by atoms with Gasteiger partial charge in [0.25, 0.3) is 0 Å². The van der Waals surface area contributed by atoms with E-state index in [-0.39, 0.29) is 23.0 Å². The number of nitrogens with two attached hydrogens (primary N) is 1. The summed E-state index contributed by atoms with van der Waals surface area (Å²) in [5, 5.41) is 5.92. The fourth-order valence-corrected chi connectivity index (χ4v) is 2.57. The highest BCUT2D eigenvalue weighted by Crippen LogP contribution is 2.29. The third-order valence-corrected chi connectivity index (χ3v) is 4.12. The molecule has 6 nitrogen and oxygen atoms in total. The maximum Gasteiger partial charge on any atom is 0.159 e. The Kier molecular flexibility index (Phi) is 5.13. The predicted molar refractivity (Wildman–Crippen MR) is 104 cm³/mol. The van der Waals surface area contributed by atoms with Gasteiger partial charge in [0.1, 0.15) is 17.8 Å². The number of hydrogen-bond acceptors (Lipinski definition) is 6. The van der Waals surface area contributed by atoms with Gasteiger partial charge >= 0.3 is 0 Å². The smallest absolute Gasteiger partial charge is 0.159 e. The van der Waals surface area contributed by atoms with Gasteiger partial charge in [0.2, 0.25) is 0 Å². The third-order valence-electron chi connectivity index (χ3n) is 3.62. The number of hydrogen-bond donors (Lipinski definition) is 3. The number of aromatic nitrogens is 2. The molecule has 0 aliphatic rings. The van der Waals surface area contributed by atoms with Crippen LogP contribution in [-0.2, 0) is 0 Å². The van der Waals surface area contributed by atoms with E-state index in [1.165, 1.54) is 19.3 Å². The number of nitrogens with one attached hydrogen (secondary N) is 2. The number of anilines is 5. The minimum absolute atomic E-state index is 0.0129. The number of benzene rings is 2. The summed E-state index contributed by atoms with van der Waals surface area (Å²) < 4.78 is 14.6. The first-order valence-electron chi connectivity index (χ1n) is 7.64. The lowest BCUT2D eigenvalue weighted by molar-refractivity contribution is 0.101. The molecule has 2 aromatic carbocycles. The molecule has 0 atom stereocenters. The first kappa shape index (κ1) is 17.8. The number of nitrogen functional groups attached to an aromatic ring is 1.